The van der Waals surface area contributed by atoms with Crippen molar-refractivity contribution in [3.05, 3.63) is 65.9 Å². The van der Waals surface area contributed by atoms with Crippen molar-refractivity contribution in [3.8, 4) is 0 Å². The van der Waals surface area contributed by atoms with E-state index in [0.29, 0.717) is 44.2 Å². The molecule has 1 fully saturated rings. The minimum absolute atomic E-state index is 0.123. The van der Waals surface area contributed by atoms with Gasteiger partial charge in [-0.05, 0) is 43.7 Å². The lowest BCUT2D eigenvalue weighted by molar-refractivity contribution is 0.0671. The first-order valence-electron chi connectivity index (χ1n) is 10.9. The first-order chi connectivity index (χ1) is 15.4. The summed E-state index contributed by atoms with van der Waals surface area (Å²) in [7, 11) is -3.68. The minimum Gasteiger partial charge on any atom is -0.459 e. The molecule has 1 unspecified atom stereocenters. The van der Waals surface area contributed by atoms with Crippen LogP contribution in [0.25, 0.3) is 11.0 Å². The van der Waals surface area contributed by atoms with Gasteiger partial charge in [0.25, 0.3) is 5.91 Å². The lowest BCUT2D eigenvalue weighted by Crippen LogP contribution is -2.40. The van der Waals surface area contributed by atoms with Crippen LogP contribution in [0.5, 0.6) is 0 Å². The molecule has 0 spiro atoms. The first kappa shape index (κ1) is 22.5. The van der Waals surface area contributed by atoms with Crippen LogP contribution in [0.2, 0.25) is 0 Å². The van der Waals surface area contributed by atoms with Gasteiger partial charge < -0.3 is 14.1 Å². The molecule has 2 aromatic carbocycles. The number of hydrogen-bond acceptors (Lipinski definition) is 5. The third kappa shape index (κ3) is 4.44. The summed E-state index contributed by atoms with van der Waals surface area (Å²) in [6.07, 6.45) is 0.766. The van der Waals surface area contributed by atoms with Gasteiger partial charge in [-0.2, -0.15) is 4.31 Å². The van der Waals surface area contributed by atoms with Crippen LogP contribution in [-0.2, 0) is 14.8 Å². The van der Waals surface area contributed by atoms with Gasteiger partial charge in [0.05, 0.1) is 24.2 Å². The number of carbonyl (C=O) groups excluding carboxylic acids is 1. The number of amides is 1. The Morgan fingerprint density at radius 2 is 1.84 bits per heavy atom. The van der Waals surface area contributed by atoms with E-state index in [2.05, 4.69) is 0 Å². The van der Waals surface area contributed by atoms with Crippen LogP contribution in [0.4, 0.5) is 0 Å². The van der Waals surface area contributed by atoms with Gasteiger partial charge in [-0.3, -0.25) is 4.79 Å². The number of benzene rings is 2. The van der Waals surface area contributed by atoms with Crippen LogP contribution in [0.1, 0.15) is 42.4 Å². The predicted molar refractivity (Wildman–Crippen MR) is 122 cm³/mol. The first-order valence-corrected chi connectivity index (χ1v) is 12.3. The summed E-state index contributed by atoms with van der Waals surface area (Å²) in [6, 6.07) is 15.7. The number of rotatable bonds is 7. The van der Waals surface area contributed by atoms with E-state index in [1.807, 2.05) is 44.2 Å². The highest BCUT2D eigenvalue weighted by molar-refractivity contribution is 7.89. The van der Waals surface area contributed by atoms with E-state index in [-0.39, 0.29) is 16.8 Å². The number of hydrogen-bond donors (Lipinski definition) is 0. The molecule has 1 aromatic heterocycles. The van der Waals surface area contributed by atoms with Gasteiger partial charge in [-0.15, -0.1) is 0 Å². The molecular weight excluding hydrogens is 428 g/mol. The molecule has 3 aromatic rings. The number of fused-ring (bicyclic) bond motifs is 1. The van der Waals surface area contributed by atoms with E-state index < -0.39 is 10.0 Å². The van der Waals surface area contributed by atoms with Gasteiger partial charge in [0, 0.05) is 30.6 Å². The van der Waals surface area contributed by atoms with Gasteiger partial charge in [-0.25, -0.2) is 8.42 Å². The third-order valence-electron chi connectivity index (χ3n) is 5.74. The van der Waals surface area contributed by atoms with Crippen LogP contribution in [0.3, 0.4) is 0 Å². The zero-order valence-electron chi connectivity index (χ0n) is 18.4. The number of furan rings is 1. The second-order valence-electron chi connectivity index (χ2n) is 7.91. The van der Waals surface area contributed by atoms with Crippen molar-refractivity contribution in [2.24, 2.45) is 0 Å². The second-order valence-corrected chi connectivity index (χ2v) is 9.84. The van der Waals surface area contributed by atoms with Crippen molar-refractivity contribution < 1.29 is 22.4 Å². The average Bonchev–Trinajstić information content (AvgIpc) is 3.27. The smallest absolute Gasteiger partial charge is 0.254 e. The second kappa shape index (κ2) is 9.44. The Morgan fingerprint density at radius 1 is 1.09 bits per heavy atom. The number of para-hydroxylation sites is 1. The quantitative estimate of drug-likeness (QED) is 0.536. The molecule has 2 heterocycles. The van der Waals surface area contributed by atoms with Crippen LogP contribution < -0.4 is 0 Å². The molecule has 1 aliphatic rings. The van der Waals surface area contributed by atoms with Crippen LogP contribution >= 0.6 is 0 Å². The van der Waals surface area contributed by atoms with E-state index in [0.717, 1.165) is 17.4 Å². The molecular formula is C24H28N2O5S. The Labute approximate surface area is 188 Å². The maximum absolute atomic E-state index is 13.5. The number of nitrogens with zero attached hydrogens (tertiary/aromatic N) is 2. The summed E-state index contributed by atoms with van der Waals surface area (Å²) in [6.45, 7) is 5.83. The number of ether oxygens (including phenoxy) is 1. The summed E-state index contributed by atoms with van der Waals surface area (Å²) < 4.78 is 38.7. The van der Waals surface area contributed by atoms with Gasteiger partial charge in [0.1, 0.15) is 11.3 Å². The summed E-state index contributed by atoms with van der Waals surface area (Å²) in [4.78, 5) is 15.3. The Kier molecular flexibility index (Phi) is 6.64. The van der Waals surface area contributed by atoms with Gasteiger partial charge in [0.15, 0.2) is 0 Å². The monoisotopic (exact) mass is 456 g/mol. The highest BCUT2D eigenvalue weighted by atomic mass is 32.2. The van der Waals surface area contributed by atoms with E-state index in [9.17, 15) is 13.2 Å². The highest BCUT2D eigenvalue weighted by Crippen LogP contribution is 2.29. The van der Waals surface area contributed by atoms with Gasteiger partial charge >= 0.3 is 0 Å². The van der Waals surface area contributed by atoms with Crippen molar-refractivity contribution in [1.29, 1.82) is 0 Å². The number of sulfonamides is 1. The molecule has 1 aliphatic heterocycles. The van der Waals surface area contributed by atoms with Crippen LogP contribution in [0.15, 0.2) is 63.9 Å². The summed E-state index contributed by atoms with van der Waals surface area (Å²) in [5.74, 6) is 0.476. The van der Waals surface area contributed by atoms with Crippen molar-refractivity contribution in [2.45, 2.75) is 31.2 Å². The Bertz CT molecular complexity index is 1160. The molecule has 8 heteroatoms. The zero-order valence-corrected chi connectivity index (χ0v) is 19.2. The topological polar surface area (TPSA) is 80.1 Å². The molecule has 0 bridgehead atoms. The summed E-state index contributed by atoms with van der Waals surface area (Å²) in [5.41, 5.74) is 1.12. The lowest BCUT2D eigenvalue weighted by Gasteiger charge is -2.28. The summed E-state index contributed by atoms with van der Waals surface area (Å²) in [5, 5.41) is 0.983. The maximum Gasteiger partial charge on any atom is 0.254 e. The fourth-order valence-corrected chi connectivity index (χ4v) is 5.42. The average molecular weight is 457 g/mol. The van der Waals surface area contributed by atoms with Gasteiger partial charge in [-0.1, -0.05) is 31.2 Å². The van der Waals surface area contributed by atoms with Crippen molar-refractivity contribution in [1.82, 2.24) is 9.21 Å². The number of morpholine rings is 1. The fourth-order valence-electron chi connectivity index (χ4n) is 3.97. The molecule has 4 rings (SSSR count). The zero-order chi connectivity index (χ0) is 22.7. The lowest BCUT2D eigenvalue weighted by atomic mass is 10.1. The fraction of sp³-hybridized carbons (Fsp3) is 0.375. The number of carbonyl (C=O) groups is 1. The largest absolute Gasteiger partial charge is 0.459 e. The Balaban J connectivity index is 1.62. The third-order valence-corrected chi connectivity index (χ3v) is 7.63. The van der Waals surface area contributed by atoms with E-state index >= 15 is 0 Å². The van der Waals surface area contributed by atoms with Gasteiger partial charge in [0.2, 0.25) is 10.0 Å². The van der Waals surface area contributed by atoms with E-state index in [1.54, 1.807) is 17.0 Å². The van der Waals surface area contributed by atoms with E-state index in [4.69, 9.17) is 9.15 Å². The van der Waals surface area contributed by atoms with Crippen LogP contribution in [0, 0.1) is 0 Å². The predicted octanol–water partition coefficient (Wildman–Crippen LogP) is 4.07. The van der Waals surface area contributed by atoms with Crippen molar-refractivity contribution in [3.63, 3.8) is 0 Å². The highest BCUT2D eigenvalue weighted by Gasteiger charge is 2.29. The molecule has 0 radical (unpaired) electrons. The molecule has 1 amide bonds. The van der Waals surface area contributed by atoms with Crippen LogP contribution in [-0.4, -0.2) is 56.4 Å². The van der Waals surface area contributed by atoms with Crippen molar-refractivity contribution in [2.75, 3.05) is 32.8 Å². The Morgan fingerprint density at radius 3 is 2.56 bits per heavy atom. The molecule has 0 N–H and O–H groups in total. The molecule has 1 saturated heterocycles. The molecule has 0 saturated carbocycles. The molecule has 0 aliphatic carbocycles. The minimum atomic E-state index is -3.68. The Hall–Kier alpha value is -2.68. The standard InChI is InChI=1S/C24H28N2O5S/c1-3-11-26(18(2)23-17-19-7-4-5-10-22(19)31-23)24(27)20-8-6-9-21(16-20)32(28,29)25-12-14-30-15-13-25/h4-10,16-18H,3,11-15H2,1-2H3. The van der Waals surface area contributed by atoms with E-state index in [1.165, 1.54) is 16.4 Å². The summed E-state index contributed by atoms with van der Waals surface area (Å²) >= 11 is 0. The molecule has 170 valence electrons. The van der Waals surface area contributed by atoms with Crippen molar-refractivity contribution >= 4 is 26.9 Å². The molecule has 32 heavy (non-hydrogen) atoms. The molecule has 1 atom stereocenters. The molecule has 7 nitrogen and oxygen atoms in total. The normalized spacial score (nSPS) is 16.2. The SMILES string of the molecule is CCCN(C(=O)c1cccc(S(=O)(=O)N2CCOCC2)c1)C(C)c1cc2ccccc2o1. The maximum atomic E-state index is 13.5.